The van der Waals surface area contributed by atoms with Crippen LogP contribution < -0.4 is 5.73 Å². The zero-order chi connectivity index (χ0) is 22.2. The van der Waals surface area contributed by atoms with Crippen molar-refractivity contribution in [3.8, 4) is 21.6 Å². The number of benzene rings is 2. The molecule has 3 aromatic rings. The van der Waals surface area contributed by atoms with Gasteiger partial charge in [-0.15, -0.1) is 11.3 Å². The average molecular weight is 436 g/mol. The van der Waals surface area contributed by atoms with Gasteiger partial charge >= 0.3 is 11.9 Å². The molecule has 31 heavy (non-hydrogen) atoms. The number of hydrogen-bond acceptors (Lipinski definition) is 5. The third kappa shape index (κ3) is 3.72. The summed E-state index contributed by atoms with van der Waals surface area (Å²) < 4.78 is 5.22. The SMILES string of the molecule is CCOC(=O)C1(c2ccc(-c3ccc(-c4sccc4C(N)=O)cc3C(=O)O)cc2)CC1. The molecule has 1 aliphatic carbocycles. The first kappa shape index (κ1) is 20.8. The Bertz CT molecular complexity index is 1170. The maximum Gasteiger partial charge on any atom is 0.336 e. The second-order valence-electron chi connectivity index (χ2n) is 7.47. The normalized spacial score (nSPS) is 14.1. The number of primary amides is 1. The standard InChI is InChI=1S/C24H21NO5S/c1-2-30-23(29)24(10-11-24)16-6-3-14(4-7-16)17-8-5-15(13-19(17)22(27)28)20-18(21(25)26)9-12-31-20/h3-9,12-13H,2,10-11H2,1H3,(H2,25,26)(H,27,28). The molecule has 0 bridgehead atoms. The second kappa shape index (κ2) is 8.00. The van der Waals surface area contributed by atoms with Crippen LogP contribution in [0.2, 0.25) is 0 Å². The minimum atomic E-state index is -1.07. The molecule has 1 heterocycles. The molecule has 0 radical (unpaired) electrons. The largest absolute Gasteiger partial charge is 0.478 e. The number of rotatable bonds is 7. The molecule has 4 rings (SSSR count). The first-order chi connectivity index (χ1) is 14.9. The number of amides is 1. The minimum absolute atomic E-state index is 0.126. The number of carboxylic acids is 1. The topological polar surface area (TPSA) is 107 Å². The maximum absolute atomic E-state index is 12.3. The minimum Gasteiger partial charge on any atom is -0.478 e. The van der Waals surface area contributed by atoms with E-state index in [0.717, 1.165) is 24.0 Å². The van der Waals surface area contributed by atoms with Gasteiger partial charge in [-0.2, -0.15) is 0 Å². The van der Waals surface area contributed by atoms with Gasteiger partial charge in [-0.1, -0.05) is 36.4 Å². The summed E-state index contributed by atoms with van der Waals surface area (Å²) >= 11 is 1.33. The van der Waals surface area contributed by atoms with Crippen LogP contribution in [0.3, 0.4) is 0 Å². The van der Waals surface area contributed by atoms with Crippen molar-refractivity contribution in [2.24, 2.45) is 5.73 Å². The second-order valence-corrected chi connectivity index (χ2v) is 8.39. The third-order valence-electron chi connectivity index (χ3n) is 5.61. The molecule has 158 valence electrons. The van der Waals surface area contributed by atoms with Gasteiger partial charge in [0, 0.05) is 4.88 Å². The highest BCUT2D eigenvalue weighted by molar-refractivity contribution is 7.14. The predicted molar refractivity (Wildman–Crippen MR) is 118 cm³/mol. The van der Waals surface area contributed by atoms with Crippen LogP contribution in [0, 0.1) is 0 Å². The van der Waals surface area contributed by atoms with Crippen LogP contribution in [0.5, 0.6) is 0 Å². The van der Waals surface area contributed by atoms with Gasteiger partial charge in [0.2, 0.25) is 5.91 Å². The highest BCUT2D eigenvalue weighted by Gasteiger charge is 2.52. The smallest absolute Gasteiger partial charge is 0.336 e. The quantitative estimate of drug-likeness (QED) is 0.533. The van der Waals surface area contributed by atoms with Gasteiger partial charge in [-0.05, 0) is 59.5 Å². The Kier molecular flexibility index (Phi) is 5.37. The molecule has 0 aliphatic heterocycles. The number of carbonyl (C=O) groups excluding carboxylic acids is 2. The fraction of sp³-hybridized carbons (Fsp3) is 0.208. The van der Waals surface area contributed by atoms with Gasteiger partial charge in [-0.3, -0.25) is 9.59 Å². The number of ether oxygens (including phenoxy) is 1. The molecule has 3 N–H and O–H groups in total. The van der Waals surface area contributed by atoms with E-state index in [1.807, 2.05) is 24.3 Å². The summed E-state index contributed by atoms with van der Waals surface area (Å²) in [7, 11) is 0. The van der Waals surface area contributed by atoms with E-state index in [9.17, 15) is 19.5 Å². The van der Waals surface area contributed by atoms with Crippen LogP contribution in [-0.2, 0) is 14.9 Å². The molecule has 0 saturated heterocycles. The van der Waals surface area contributed by atoms with E-state index >= 15 is 0 Å². The van der Waals surface area contributed by atoms with Gasteiger partial charge in [0.05, 0.1) is 23.1 Å². The van der Waals surface area contributed by atoms with Crippen molar-refractivity contribution >= 4 is 29.2 Å². The lowest BCUT2D eigenvalue weighted by molar-refractivity contribution is -0.146. The maximum atomic E-state index is 12.3. The van der Waals surface area contributed by atoms with E-state index < -0.39 is 17.3 Å². The molecule has 1 fully saturated rings. The van der Waals surface area contributed by atoms with Crippen LogP contribution in [0.4, 0.5) is 0 Å². The molecule has 0 spiro atoms. The van der Waals surface area contributed by atoms with Crippen LogP contribution >= 0.6 is 11.3 Å². The number of aromatic carboxylic acids is 1. The van der Waals surface area contributed by atoms with Gasteiger partial charge in [-0.25, -0.2) is 4.79 Å². The molecule has 2 aromatic carbocycles. The molecular weight excluding hydrogens is 414 g/mol. The summed E-state index contributed by atoms with van der Waals surface area (Å²) in [6.45, 7) is 2.13. The Balaban J connectivity index is 1.70. The Morgan fingerprint density at radius 3 is 2.29 bits per heavy atom. The summed E-state index contributed by atoms with van der Waals surface area (Å²) in [5.74, 6) is -1.83. The molecule has 0 unspecified atom stereocenters. The van der Waals surface area contributed by atoms with Crippen LogP contribution in [0.1, 0.15) is 46.0 Å². The van der Waals surface area contributed by atoms with Crippen LogP contribution in [-0.4, -0.2) is 29.6 Å². The summed E-state index contributed by atoms with van der Waals surface area (Å²) in [4.78, 5) is 36.6. The molecule has 0 atom stereocenters. The van der Waals surface area contributed by atoms with Crippen LogP contribution in [0.25, 0.3) is 21.6 Å². The molecule has 1 aromatic heterocycles. The fourth-order valence-electron chi connectivity index (χ4n) is 3.81. The summed E-state index contributed by atoms with van der Waals surface area (Å²) in [6.07, 6.45) is 1.51. The molecule has 1 saturated carbocycles. The molecular formula is C24H21NO5S. The lowest BCUT2D eigenvalue weighted by Crippen LogP contribution is -2.23. The monoisotopic (exact) mass is 435 g/mol. The molecule has 6 nitrogen and oxygen atoms in total. The fourth-order valence-corrected chi connectivity index (χ4v) is 4.71. The van der Waals surface area contributed by atoms with E-state index in [0.29, 0.717) is 28.2 Å². The number of carboxylic acid groups (broad SMARTS) is 1. The van der Waals surface area contributed by atoms with E-state index in [-0.39, 0.29) is 11.5 Å². The third-order valence-corrected chi connectivity index (χ3v) is 6.57. The first-order valence-electron chi connectivity index (χ1n) is 9.90. The highest BCUT2D eigenvalue weighted by Crippen LogP contribution is 2.49. The van der Waals surface area contributed by atoms with Gasteiger partial charge in [0.15, 0.2) is 0 Å². The van der Waals surface area contributed by atoms with Crippen molar-refractivity contribution in [2.75, 3.05) is 6.61 Å². The Morgan fingerprint density at radius 1 is 1.03 bits per heavy atom. The number of hydrogen-bond donors (Lipinski definition) is 2. The Hall–Kier alpha value is -3.45. The van der Waals surface area contributed by atoms with E-state index in [1.54, 1.807) is 36.6 Å². The van der Waals surface area contributed by atoms with Crippen molar-refractivity contribution in [3.05, 3.63) is 70.6 Å². The van der Waals surface area contributed by atoms with Crippen molar-refractivity contribution in [1.29, 1.82) is 0 Å². The first-order valence-corrected chi connectivity index (χ1v) is 10.8. The van der Waals surface area contributed by atoms with Crippen LogP contribution in [0.15, 0.2) is 53.9 Å². The Labute approximate surface area is 183 Å². The summed E-state index contributed by atoms with van der Waals surface area (Å²) in [5, 5.41) is 11.6. The molecule has 7 heteroatoms. The number of thiophene rings is 1. The summed E-state index contributed by atoms with van der Waals surface area (Å²) in [6, 6.07) is 14.1. The number of esters is 1. The highest BCUT2D eigenvalue weighted by atomic mass is 32.1. The summed E-state index contributed by atoms with van der Waals surface area (Å²) in [5.41, 5.74) is 8.15. The zero-order valence-electron chi connectivity index (χ0n) is 16.9. The number of carbonyl (C=O) groups is 3. The molecule has 1 aliphatic rings. The molecule has 1 amide bonds. The van der Waals surface area contributed by atoms with E-state index in [4.69, 9.17) is 10.5 Å². The van der Waals surface area contributed by atoms with Crippen molar-refractivity contribution in [1.82, 2.24) is 0 Å². The predicted octanol–water partition coefficient (Wildman–Crippen LogP) is 4.47. The van der Waals surface area contributed by atoms with Gasteiger partial charge < -0.3 is 15.6 Å². The zero-order valence-corrected chi connectivity index (χ0v) is 17.7. The van der Waals surface area contributed by atoms with Crippen molar-refractivity contribution in [2.45, 2.75) is 25.2 Å². The lowest BCUT2D eigenvalue weighted by Gasteiger charge is -2.15. The van der Waals surface area contributed by atoms with Gasteiger partial charge in [0.1, 0.15) is 0 Å². The number of nitrogens with two attached hydrogens (primary N) is 1. The van der Waals surface area contributed by atoms with E-state index in [2.05, 4.69) is 0 Å². The van der Waals surface area contributed by atoms with Gasteiger partial charge in [0.25, 0.3) is 0 Å². The van der Waals surface area contributed by atoms with Crippen molar-refractivity contribution in [3.63, 3.8) is 0 Å². The van der Waals surface area contributed by atoms with E-state index in [1.165, 1.54) is 11.3 Å². The Morgan fingerprint density at radius 2 is 1.71 bits per heavy atom. The lowest BCUT2D eigenvalue weighted by atomic mass is 9.91. The average Bonchev–Trinajstić information content (AvgIpc) is 3.42. The van der Waals surface area contributed by atoms with Crippen molar-refractivity contribution < 1.29 is 24.2 Å².